The van der Waals surface area contributed by atoms with Crippen LogP contribution in [-0.4, -0.2) is 16.6 Å². The fourth-order valence-corrected chi connectivity index (χ4v) is 2.72. The molecular formula is C19H17FN4O. The Morgan fingerprint density at radius 1 is 1.32 bits per heavy atom. The number of nitrogens with zero attached hydrogens (tertiary/aromatic N) is 3. The quantitative estimate of drug-likeness (QED) is 0.763. The monoisotopic (exact) mass is 336 g/mol. The molecule has 0 aliphatic heterocycles. The number of rotatable bonds is 5. The molecule has 2 heterocycles. The van der Waals surface area contributed by atoms with Crippen molar-refractivity contribution in [2.45, 2.75) is 20.4 Å². The average molecular weight is 336 g/mol. The molecule has 2 aromatic heterocycles. The number of nitriles is 1. The van der Waals surface area contributed by atoms with Gasteiger partial charge in [-0.1, -0.05) is 6.07 Å². The third kappa shape index (κ3) is 3.36. The molecule has 6 heteroatoms. The Hall–Kier alpha value is -3.20. The Bertz CT molecular complexity index is 966. The molecule has 0 unspecified atom stereocenters. The first-order valence-corrected chi connectivity index (χ1v) is 7.93. The molecule has 1 N–H and O–H groups in total. The minimum absolute atomic E-state index is 0.360. The van der Waals surface area contributed by atoms with Crippen molar-refractivity contribution >= 4 is 16.6 Å². The van der Waals surface area contributed by atoms with Crippen LogP contribution in [0.3, 0.4) is 0 Å². The number of benzene rings is 1. The third-order valence-corrected chi connectivity index (χ3v) is 3.83. The summed E-state index contributed by atoms with van der Waals surface area (Å²) in [5.41, 5.74) is 3.16. The molecule has 5 nitrogen and oxygen atoms in total. The van der Waals surface area contributed by atoms with E-state index in [0.717, 1.165) is 11.1 Å². The summed E-state index contributed by atoms with van der Waals surface area (Å²) in [6.07, 6.45) is 3.16. The molecule has 0 saturated carbocycles. The number of aromatic nitrogens is 2. The van der Waals surface area contributed by atoms with Gasteiger partial charge in [-0.25, -0.2) is 9.37 Å². The van der Waals surface area contributed by atoms with Gasteiger partial charge in [-0.05, 0) is 37.6 Å². The minimum Gasteiger partial charge on any atom is -0.478 e. The SMILES string of the molecule is CCOc1ncccc1CNc1c(C#N)cnc2c(C)cc(F)cc12. The van der Waals surface area contributed by atoms with Crippen molar-refractivity contribution < 1.29 is 9.13 Å². The first kappa shape index (κ1) is 16.7. The molecule has 1 aromatic carbocycles. The van der Waals surface area contributed by atoms with Crippen molar-refractivity contribution in [2.75, 3.05) is 11.9 Å². The molecule has 0 aliphatic carbocycles. The Labute approximate surface area is 145 Å². The summed E-state index contributed by atoms with van der Waals surface area (Å²) in [5, 5.41) is 13.2. The van der Waals surface area contributed by atoms with Crippen LogP contribution in [0.1, 0.15) is 23.6 Å². The predicted octanol–water partition coefficient (Wildman–Crippen LogP) is 3.96. The predicted molar refractivity (Wildman–Crippen MR) is 93.9 cm³/mol. The number of hydrogen-bond donors (Lipinski definition) is 1. The Morgan fingerprint density at radius 2 is 2.16 bits per heavy atom. The maximum Gasteiger partial charge on any atom is 0.218 e. The standard InChI is InChI=1S/C19H17FN4O/c1-3-25-19-13(5-4-6-22-19)10-24-18-14(9-21)11-23-17-12(2)7-15(20)8-16(17)18/h4-8,11H,3,10H2,1-2H3,(H,23,24). The van der Waals surface area contributed by atoms with E-state index < -0.39 is 0 Å². The second-order valence-corrected chi connectivity index (χ2v) is 5.53. The first-order valence-electron chi connectivity index (χ1n) is 7.93. The molecule has 0 spiro atoms. The lowest BCUT2D eigenvalue weighted by Crippen LogP contribution is -2.06. The zero-order valence-electron chi connectivity index (χ0n) is 14.0. The Kier molecular flexibility index (Phi) is 4.75. The minimum atomic E-state index is -0.360. The van der Waals surface area contributed by atoms with Gasteiger partial charge in [0.2, 0.25) is 5.88 Å². The highest BCUT2D eigenvalue weighted by Crippen LogP contribution is 2.29. The molecule has 126 valence electrons. The van der Waals surface area contributed by atoms with Gasteiger partial charge < -0.3 is 10.1 Å². The van der Waals surface area contributed by atoms with E-state index in [-0.39, 0.29) is 5.82 Å². The van der Waals surface area contributed by atoms with E-state index in [4.69, 9.17) is 4.74 Å². The maximum absolute atomic E-state index is 13.9. The van der Waals surface area contributed by atoms with Gasteiger partial charge in [0.25, 0.3) is 0 Å². The molecule has 0 amide bonds. The molecular weight excluding hydrogens is 319 g/mol. The average Bonchev–Trinajstić information content (AvgIpc) is 2.61. The van der Waals surface area contributed by atoms with Crippen molar-refractivity contribution in [1.29, 1.82) is 5.26 Å². The van der Waals surface area contributed by atoms with Crippen molar-refractivity contribution in [1.82, 2.24) is 9.97 Å². The van der Waals surface area contributed by atoms with E-state index in [1.54, 1.807) is 13.1 Å². The van der Waals surface area contributed by atoms with Crippen LogP contribution < -0.4 is 10.1 Å². The Balaban J connectivity index is 2.03. The number of halogens is 1. The van der Waals surface area contributed by atoms with E-state index in [9.17, 15) is 9.65 Å². The van der Waals surface area contributed by atoms with Gasteiger partial charge in [-0.3, -0.25) is 4.98 Å². The van der Waals surface area contributed by atoms with Gasteiger partial charge in [0, 0.05) is 29.9 Å². The molecule has 0 saturated heterocycles. The molecule has 3 rings (SSSR count). The molecule has 0 bridgehead atoms. The highest BCUT2D eigenvalue weighted by atomic mass is 19.1. The third-order valence-electron chi connectivity index (χ3n) is 3.83. The highest BCUT2D eigenvalue weighted by Gasteiger charge is 2.13. The number of anilines is 1. The van der Waals surface area contributed by atoms with Gasteiger partial charge in [0.05, 0.1) is 23.4 Å². The van der Waals surface area contributed by atoms with E-state index in [2.05, 4.69) is 21.4 Å². The van der Waals surface area contributed by atoms with Crippen molar-refractivity contribution in [3.63, 3.8) is 0 Å². The maximum atomic E-state index is 13.9. The smallest absolute Gasteiger partial charge is 0.218 e. The normalized spacial score (nSPS) is 10.5. The molecule has 25 heavy (non-hydrogen) atoms. The fraction of sp³-hybridized carbons (Fsp3) is 0.211. The highest BCUT2D eigenvalue weighted by molar-refractivity contribution is 5.95. The van der Waals surface area contributed by atoms with Gasteiger partial charge >= 0.3 is 0 Å². The number of nitrogens with one attached hydrogen (secondary N) is 1. The molecule has 0 fully saturated rings. The second-order valence-electron chi connectivity index (χ2n) is 5.53. The largest absolute Gasteiger partial charge is 0.478 e. The lowest BCUT2D eigenvalue weighted by Gasteiger charge is -2.14. The van der Waals surface area contributed by atoms with Crippen LogP contribution in [-0.2, 0) is 6.54 Å². The zero-order valence-corrected chi connectivity index (χ0v) is 14.0. The van der Waals surface area contributed by atoms with Crippen LogP contribution in [0.4, 0.5) is 10.1 Å². The lowest BCUT2D eigenvalue weighted by atomic mass is 10.1. The van der Waals surface area contributed by atoms with Crippen LogP contribution in [0.2, 0.25) is 0 Å². The number of pyridine rings is 2. The number of aryl methyl sites for hydroxylation is 1. The summed E-state index contributed by atoms with van der Waals surface area (Å²) in [6, 6.07) is 8.65. The summed E-state index contributed by atoms with van der Waals surface area (Å²) in [7, 11) is 0. The van der Waals surface area contributed by atoms with Crippen LogP contribution >= 0.6 is 0 Å². The summed E-state index contributed by atoms with van der Waals surface area (Å²) in [6.45, 7) is 4.59. The van der Waals surface area contributed by atoms with E-state index in [0.29, 0.717) is 41.2 Å². The van der Waals surface area contributed by atoms with Gasteiger partial charge in [0.1, 0.15) is 11.9 Å². The number of ether oxygens (including phenoxy) is 1. The van der Waals surface area contributed by atoms with Crippen molar-refractivity contribution in [2.24, 2.45) is 0 Å². The number of hydrogen-bond acceptors (Lipinski definition) is 5. The first-order chi connectivity index (χ1) is 12.1. The summed E-state index contributed by atoms with van der Waals surface area (Å²) < 4.78 is 19.4. The van der Waals surface area contributed by atoms with Gasteiger partial charge in [-0.15, -0.1) is 0 Å². The summed E-state index contributed by atoms with van der Waals surface area (Å²) >= 11 is 0. The summed E-state index contributed by atoms with van der Waals surface area (Å²) in [5.74, 6) is 0.179. The number of fused-ring (bicyclic) bond motifs is 1. The molecule has 3 aromatic rings. The van der Waals surface area contributed by atoms with Crippen LogP contribution in [0.5, 0.6) is 5.88 Å². The second kappa shape index (κ2) is 7.14. The topological polar surface area (TPSA) is 70.8 Å². The van der Waals surface area contributed by atoms with Gasteiger partial charge in [0.15, 0.2) is 0 Å². The van der Waals surface area contributed by atoms with Crippen molar-refractivity contribution in [3.8, 4) is 11.9 Å². The van der Waals surface area contributed by atoms with Crippen molar-refractivity contribution in [3.05, 3.63) is 59.2 Å². The molecule has 0 atom stereocenters. The van der Waals surface area contributed by atoms with Crippen LogP contribution in [0.25, 0.3) is 10.9 Å². The summed E-state index contributed by atoms with van der Waals surface area (Å²) in [4.78, 5) is 8.50. The van der Waals surface area contributed by atoms with E-state index in [1.807, 2.05) is 19.1 Å². The zero-order chi connectivity index (χ0) is 17.8. The molecule has 0 aliphatic rings. The fourth-order valence-electron chi connectivity index (χ4n) is 2.72. The van der Waals surface area contributed by atoms with Gasteiger partial charge in [-0.2, -0.15) is 5.26 Å². The lowest BCUT2D eigenvalue weighted by molar-refractivity contribution is 0.323. The van der Waals surface area contributed by atoms with E-state index >= 15 is 0 Å². The van der Waals surface area contributed by atoms with Crippen LogP contribution in [0, 0.1) is 24.1 Å². The van der Waals surface area contributed by atoms with E-state index in [1.165, 1.54) is 18.3 Å². The van der Waals surface area contributed by atoms with Crippen LogP contribution in [0.15, 0.2) is 36.7 Å². The Morgan fingerprint density at radius 3 is 2.92 bits per heavy atom. The molecule has 0 radical (unpaired) electrons.